The molecule has 0 saturated carbocycles. The third kappa shape index (κ3) is 5.92. The molecule has 2 N–H and O–H groups in total. The highest BCUT2D eigenvalue weighted by atomic mass is 16.3. The monoisotopic (exact) mass is 431 g/mol. The minimum absolute atomic E-state index is 0.385. The summed E-state index contributed by atoms with van der Waals surface area (Å²) in [7, 11) is 3.95. The van der Waals surface area contributed by atoms with Crippen LogP contribution in [-0.2, 0) is 19.6 Å². The number of anilines is 1. The lowest BCUT2D eigenvalue weighted by molar-refractivity contribution is 0.287. The maximum Gasteiger partial charge on any atom is 0.191 e. The molecule has 0 spiro atoms. The number of para-hydroxylation sites is 1. The zero-order valence-corrected chi connectivity index (χ0v) is 19.0. The first-order valence-corrected chi connectivity index (χ1v) is 11.3. The molecule has 1 atom stereocenters. The molecule has 2 aromatic carbocycles. The molecule has 1 aliphatic heterocycles. The summed E-state index contributed by atoms with van der Waals surface area (Å²) in [6, 6.07) is 23.5. The molecule has 1 aromatic heterocycles. The molecule has 1 fully saturated rings. The van der Waals surface area contributed by atoms with Crippen molar-refractivity contribution in [3.63, 3.8) is 0 Å². The standard InChI is InChI=1S/C26H33N5O/c1-27-26(29-23-14-15-31(19-23)24-11-4-3-5-12-24)28-17-21-9-6-7-10-22(21)18-30(2)20-25-13-8-16-32-25/h3-13,16,23H,14-15,17-20H2,1-2H3,(H2,27,28,29). The maximum absolute atomic E-state index is 5.48. The van der Waals surface area contributed by atoms with E-state index in [0.29, 0.717) is 6.04 Å². The number of hydrogen-bond donors (Lipinski definition) is 2. The van der Waals surface area contributed by atoms with Gasteiger partial charge in [-0.25, -0.2) is 0 Å². The van der Waals surface area contributed by atoms with Crippen molar-refractivity contribution in [3.8, 4) is 0 Å². The van der Waals surface area contributed by atoms with Crippen molar-refractivity contribution in [2.45, 2.75) is 32.1 Å². The van der Waals surface area contributed by atoms with Crippen molar-refractivity contribution in [2.75, 3.05) is 32.1 Å². The zero-order chi connectivity index (χ0) is 22.2. The van der Waals surface area contributed by atoms with Gasteiger partial charge in [-0.1, -0.05) is 42.5 Å². The minimum atomic E-state index is 0.385. The van der Waals surface area contributed by atoms with Gasteiger partial charge >= 0.3 is 0 Å². The molecular formula is C26H33N5O. The fourth-order valence-electron chi connectivity index (χ4n) is 4.22. The number of benzene rings is 2. The molecule has 0 aliphatic carbocycles. The van der Waals surface area contributed by atoms with Crippen molar-refractivity contribution < 1.29 is 4.42 Å². The van der Waals surface area contributed by atoms with E-state index >= 15 is 0 Å². The van der Waals surface area contributed by atoms with Crippen molar-refractivity contribution in [1.82, 2.24) is 15.5 Å². The summed E-state index contributed by atoms with van der Waals surface area (Å²) < 4.78 is 5.48. The van der Waals surface area contributed by atoms with E-state index in [2.05, 4.69) is 87.1 Å². The molecule has 1 saturated heterocycles. The topological polar surface area (TPSA) is 56.0 Å². The maximum atomic E-state index is 5.48. The Bertz CT molecular complexity index is 986. The fourth-order valence-corrected chi connectivity index (χ4v) is 4.22. The Balaban J connectivity index is 1.30. The van der Waals surface area contributed by atoms with E-state index < -0.39 is 0 Å². The van der Waals surface area contributed by atoms with Crippen molar-refractivity contribution in [1.29, 1.82) is 0 Å². The van der Waals surface area contributed by atoms with E-state index in [-0.39, 0.29) is 0 Å². The van der Waals surface area contributed by atoms with E-state index in [0.717, 1.165) is 50.9 Å². The second-order valence-electron chi connectivity index (χ2n) is 8.36. The first-order chi connectivity index (χ1) is 15.7. The summed E-state index contributed by atoms with van der Waals surface area (Å²) in [5.41, 5.74) is 3.87. The Morgan fingerprint density at radius 2 is 1.81 bits per heavy atom. The number of aliphatic imine (C=N–C) groups is 1. The summed E-state index contributed by atoms with van der Waals surface area (Å²) in [4.78, 5) is 9.15. The smallest absolute Gasteiger partial charge is 0.191 e. The molecule has 2 heterocycles. The average molecular weight is 432 g/mol. The van der Waals surface area contributed by atoms with Crippen molar-refractivity contribution >= 4 is 11.6 Å². The number of nitrogens with zero attached hydrogens (tertiary/aromatic N) is 3. The van der Waals surface area contributed by atoms with Crippen LogP contribution in [-0.4, -0.2) is 44.1 Å². The number of furan rings is 1. The fraction of sp³-hybridized carbons (Fsp3) is 0.346. The Morgan fingerprint density at radius 1 is 1.03 bits per heavy atom. The quantitative estimate of drug-likeness (QED) is 0.419. The minimum Gasteiger partial charge on any atom is -0.468 e. The van der Waals surface area contributed by atoms with Gasteiger partial charge in [0.05, 0.1) is 12.8 Å². The van der Waals surface area contributed by atoms with Gasteiger partial charge in [0.25, 0.3) is 0 Å². The number of guanidine groups is 1. The van der Waals surface area contributed by atoms with Crippen LogP contribution in [0, 0.1) is 0 Å². The Morgan fingerprint density at radius 3 is 2.56 bits per heavy atom. The molecule has 168 valence electrons. The molecule has 1 aliphatic rings. The van der Waals surface area contributed by atoms with Crippen LogP contribution < -0.4 is 15.5 Å². The normalized spacial score (nSPS) is 16.5. The van der Waals surface area contributed by atoms with Crippen LogP contribution in [0.5, 0.6) is 0 Å². The molecule has 0 radical (unpaired) electrons. The van der Waals surface area contributed by atoms with Crippen LogP contribution in [0.4, 0.5) is 5.69 Å². The summed E-state index contributed by atoms with van der Waals surface area (Å²) in [5.74, 6) is 1.83. The van der Waals surface area contributed by atoms with E-state index in [1.165, 1.54) is 16.8 Å². The van der Waals surface area contributed by atoms with Crippen LogP contribution in [0.15, 0.2) is 82.4 Å². The summed E-state index contributed by atoms with van der Waals surface area (Å²) >= 11 is 0. The number of nitrogens with one attached hydrogen (secondary N) is 2. The second kappa shape index (κ2) is 10.9. The average Bonchev–Trinajstić information content (AvgIpc) is 3.50. The first-order valence-electron chi connectivity index (χ1n) is 11.3. The van der Waals surface area contributed by atoms with Crippen molar-refractivity contribution in [3.05, 3.63) is 89.9 Å². The molecule has 6 heteroatoms. The van der Waals surface area contributed by atoms with Gasteiger partial charge in [0.2, 0.25) is 0 Å². The van der Waals surface area contributed by atoms with Crippen LogP contribution >= 0.6 is 0 Å². The summed E-state index contributed by atoms with van der Waals surface area (Å²) in [5, 5.41) is 7.11. The van der Waals surface area contributed by atoms with E-state index in [1.807, 2.05) is 19.2 Å². The number of hydrogen-bond acceptors (Lipinski definition) is 4. The Hall–Kier alpha value is -3.25. The lowest BCUT2D eigenvalue weighted by atomic mass is 10.1. The SMILES string of the molecule is CN=C(NCc1ccccc1CN(C)Cc1ccco1)NC1CCN(c2ccccc2)C1. The third-order valence-corrected chi connectivity index (χ3v) is 5.88. The molecule has 6 nitrogen and oxygen atoms in total. The second-order valence-corrected chi connectivity index (χ2v) is 8.36. The highest BCUT2D eigenvalue weighted by Gasteiger charge is 2.23. The van der Waals surface area contributed by atoms with Crippen LogP contribution in [0.3, 0.4) is 0 Å². The highest BCUT2D eigenvalue weighted by Crippen LogP contribution is 2.19. The molecular weight excluding hydrogens is 398 g/mol. The van der Waals surface area contributed by atoms with Gasteiger partial charge in [0, 0.05) is 45.0 Å². The van der Waals surface area contributed by atoms with Crippen molar-refractivity contribution in [2.24, 2.45) is 4.99 Å². The van der Waals surface area contributed by atoms with E-state index in [4.69, 9.17) is 4.42 Å². The van der Waals surface area contributed by atoms with Gasteiger partial charge < -0.3 is 20.0 Å². The number of rotatable bonds is 8. The van der Waals surface area contributed by atoms with Gasteiger partial charge in [-0.05, 0) is 48.9 Å². The predicted octanol–water partition coefficient (Wildman–Crippen LogP) is 3.86. The molecule has 4 rings (SSSR count). The Labute approximate surface area is 190 Å². The lowest BCUT2D eigenvalue weighted by Crippen LogP contribution is -2.44. The third-order valence-electron chi connectivity index (χ3n) is 5.88. The highest BCUT2D eigenvalue weighted by molar-refractivity contribution is 5.80. The lowest BCUT2D eigenvalue weighted by Gasteiger charge is -2.21. The predicted molar refractivity (Wildman–Crippen MR) is 131 cm³/mol. The van der Waals surface area contributed by atoms with Crippen LogP contribution in [0.2, 0.25) is 0 Å². The van der Waals surface area contributed by atoms with E-state index in [1.54, 1.807) is 6.26 Å². The summed E-state index contributed by atoms with van der Waals surface area (Å²) in [6.07, 6.45) is 2.83. The van der Waals surface area contributed by atoms with E-state index in [9.17, 15) is 0 Å². The molecule has 0 amide bonds. The summed E-state index contributed by atoms with van der Waals surface area (Å²) in [6.45, 7) is 4.43. The largest absolute Gasteiger partial charge is 0.468 e. The first kappa shape index (κ1) is 22.0. The van der Waals surface area contributed by atoms with Crippen LogP contribution in [0.1, 0.15) is 23.3 Å². The molecule has 1 unspecified atom stereocenters. The van der Waals surface area contributed by atoms with Gasteiger partial charge in [-0.3, -0.25) is 9.89 Å². The molecule has 32 heavy (non-hydrogen) atoms. The van der Waals surface area contributed by atoms with Gasteiger partial charge in [0.15, 0.2) is 5.96 Å². The van der Waals surface area contributed by atoms with Gasteiger partial charge in [-0.15, -0.1) is 0 Å². The van der Waals surface area contributed by atoms with Gasteiger partial charge in [-0.2, -0.15) is 0 Å². The molecule has 3 aromatic rings. The zero-order valence-electron chi connectivity index (χ0n) is 19.0. The van der Waals surface area contributed by atoms with Crippen LogP contribution in [0.25, 0.3) is 0 Å². The molecule has 0 bridgehead atoms. The van der Waals surface area contributed by atoms with Gasteiger partial charge in [0.1, 0.15) is 5.76 Å². The Kier molecular flexibility index (Phi) is 7.46.